The molecule has 3 N–H and O–H groups in total. The molecule has 2 saturated heterocycles. The van der Waals surface area contributed by atoms with E-state index in [0.717, 1.165) is 17.4 Å². The average Bonchev–Trinajstić information content (AvgIpc) is 3.17. The normalized spacial score (nSPS) is 22.2. The third-order valence-corrected chi connectivity index (χ3v) is 6.72. The van der Waals surface area contributed by atoms with Gasteiger partial charge in [-0.15, -0.1) is 0 Å². The first-order valence-corrected chi connectivity index (χ1v) is 11.2. The highest BCUT2D eigenvalue weighted by Gasteiger charge is 2.31. The van der Waals surface area contributed by atoms with E-state index in [1.54, 1.807) is 0 Å². The summed E-state index contributed by atoms with van der Waals surface area (Å²) in [6.07, 6.45) is 8.92. The van der Waals surface area contributed by atoms with Gasteiger partial charge in [-0.05, 0) is 92.8 Å². The standard InChI is InChI=1S/C24H28N4S/c29-24(26-18-6-2-1-3-7-18)27-19-9-10-23-21(15-19)22(16-25-23)17-11-13-28-12-5-4-8-20(28)14-17/h1-3,6-7,9-10,15-17,20,25H,4-5,8,11-14H2,(H2,26,27,29). The number of nitrogens with one attached hydrogen (secondary N) is 3. The Morgan fingerprint density at radius 1 is 0.966 bits per heavy atom. The van der Waals surface area contributed by atoms with Crippen molar-refractivity contribution in [3.05, 3.63) is 60.3 Å². The molecule has 0 bridgehead atoms. The fraction of sp³-hybridized carbons (Fsp3) is 0.375. The minimum atomic E-state index is 0.614. The molecule has 29 heavy (non-hydrogen) atoms. The zero-order valence-corrected chi connectivity index (χ0v) is 17.5. The van der Waals surface area contributed by atoms with Crippen molar-refractivity contribution >= 4 is 39.6 Å². The highest BCUT2D eigenvalue weighted by molar-refractivity contribution is 7.80. The Morgan fingerprint density at radius 3 is 2.72 bits per heavy atom. The van der Waals surface area contributed by atoms with Crippen molar-refractivity contribution in [2.24, 2.45) is 0 Å². The van der Waals surface area contributed by atoms with Gasteiger partial charge in [0.05, 0.1) is 0 Å². The third-order valence-electron chi connectivity index (χ3n) is 6.51. The number of nitrogens with zero attached hydrogens (tertiary/aromatic N) is 1. The number of thiocarbonyl (C=S) groups is 1. The predicted octanol–water partition coefficient (Wildman–Crippen LogP) is 5.71. The molecule has 5 rings (SSSR count). The van der Waals surface area contributed by atoms with Gasteiger partial charge >= 0.3 is 0 Å². The first kappa shape index (κ1) is 18.6. The monoisotopic (exact) mass is 404 g/mol. The zero-order valence-electron chi connectivity index (χ0n) is 16.7. The van der Waals surface area contributed by atoms with E-state index in [9.17, 15) is 0 Å². The first-order chi connectivity index (χ1) is 14.3. The van der Waals surface area contributed by atoms with Crippen molar-refractivity contribution in [3.63, 3.8) is 0 Å². The maximum atomic E-state index is 5.51. The van der Waals surface area contributed by atoms with E-state index in [2.05, 4.69) is 44.9 Å². The van der Waals surface area contributed by atoms with E-state index in [1.165, 1.54) is 61.7 Å². The third kappa shape index (κ3) is 4.02. The molecule has 4 nitrogen and oxygen atoms in total. The van der Waals surface area contributed by atoms with Crippen molar-refractivity contribution in [3.8, 4) is 0 Å². The molecule has 2 aromatic carbocycles. The average molecular weight is 405 g/mol. The molecule has 3 heterocycles. The van der Waals surface area contributed by atoms with Crippen LogP contribution in [0, 0.1) is 0 Å². The number of aromatic nitrogens is 1. The van der Waals surface area contributed by atoms with Gasteiger partial charge in [-0.2, -0.15) is 0 Å². The lowest BCUT2D eigenvalue weighted by Gasteiger charge is -2.42. The largest absolute Gasteiger partial charge is 0.361 e. The summed E-state index contributed by atoms with van der Waals surface area (Å²) in [5, 5.41) is 8.53. The lowest BCUT2D eigenvalue weighted by molar-refractivity contribution is 0.0977. The molecule has 2 atom stereocenters. The zero-order chi connectivity index (χ0) is 19.6. The molecule has 2 aliphatic heterocycles. The quantitative estimate of drug-likeness (QED) is 0.489. The molecule has 2 aliphatic rings. The van der Waals surface area contributed by atoms with E-state index in [0.29, 0.717) is 11.0 Å². The highest BCUT2D eigenvalue weighted by Crippen LogP contribution is 2.38. The van der Waals surface area contributed by atoms with Gasteiger partial charge in [-0.1, -0.05) is 24.6 Å². The Kier molecular flexibility index (Phi) is 5.25. The van der Waals surface area contributed by atoms with E-state index in [1.807, 2.05) is 30.3 Å². The lowest BCUT2D eigenvalue weighted by Crippen LogP contribution is -2.44. The van der Waals surface area contributed by atoms with Crippen molar-refractivity contribution in [2.75, 3.05) is 23.7 Å². The Hall–Kier alpha value is -2.37. The summed E-state index contributed by atoms with van der Waals surface area (Å²) in [7, 11) is 0. The summed E-state index contributed by atoms with van der Waals surface area (Å²) in [6.45, 7) is 2.54. The van der Waals surface area contributed by atoms with Crippen LogP contribution >= 0.6 is 12.2 Å². The number of hydrogen-bond donors (Lipinski definition) is 3. The number of anilines is 2. The molecule has 0 amide bonds. The summed E-state index contributed by atoms with van der Waals surface area (Å²) in [6, 6.07) is 17.3. The second-order valence-electron chi connectivity index (χ2n) is 8.36. The maximum Gasteiger partial charge on any atom is 0.175 e. The summed E-state index contributed by atoms with van der Waals surface area (Å²) >= 11 is 5.51. The lowest BCUT2D eigenvalue weighted by atomic mass is 9.82. The summed E-state index contributed by atoms with van der Waals surface area (Å²) < 4.78 is 0. The van der Waals surface area contributed by atoms with Crippen LogP contribution in [0.15, 0.2) is 54.7 Å². The molecule has 2 unspecified atom stereocenters. The smallest absolute Gasteiger partial charge is 0.175 e. The van der Waals surface area contributed by atoms with Crippen LogP contribution < -0.4 is 10.6 Å². The summed E-state index contributed by atoms with van der Waals surface area (Å²) in [5.74, 6) is 0.646. The Morgan fingerprint density at radius 2 is 1.83 bits per heavy atom. The molecular weight excluding hydrogens is 376 g/mol. The Balaban J connectivity index is 1.33. The van der Waals surface area contributed by atoms with Crippen LogP contribution in [0.3, 0.4) is 0 Å². The van der Waals surface area contributed by atoms with Crippen LogP contribution in [0.5, 0.6) is 0 Å². The van der Waals surface area contributed by atoms with Gasteiger partial charge in [0, 0.05) is 34.5 Å². The Labute approximate surface area is 177 Å². The molecule has 1 aromatic heterocycles. The molecule has 0 aliphatic carbocycles. The van der Waals surface area contributed by atoms with Gasteiger partial charge < -0.3 is 20.5 Å². The minimum Gasteiger partial charge on any atom is -0.361 e. The Bertz CT molecular complexity index is 997. The second-order valence-corrected chi connectivity index (χ2v) is 8.76. The molecule has 0 spiro atoms. The van der Waals surface area contributed by atoms with Crippen molar-refractivity contribution < 1.29 is 0 Å². The topological polar surface area (TPSA) is 43.1 Å². The van der Waals surface area contributed by atoms with Crippen LogP contribution in [0.25, 0.3) is 10.9 Å². The number of hydrogen-bond acceptors (Lipinski definition) is 2. The number of H-pyrrole nitrogens is 1. The molecule has 150 valence electrons. The van der Waals surface area contributed by atoms with Gasteiger partial charge in [-0.25, -0.2) is 0 Å². The highest BCUT2D eigenvalue weighted by atomic mass is 32.1. The number of rotatable bonds is 3. The molecule has 2 fully saturated rings. The summed E-state index contributed by atoms with van der Waals surface area (Å²) in [4.78, 5) is 6.21. The molecule has 0 radical (unpaired) electrons. The first-order valence-electron chi connectivity index (χ1n) is 10.7. The second kappa shape index (κ2) is 8.17. The molecule has 3 aromatic rings. The van der Waals surface area contributed by atoms with Crippen LogP contribution in [-0.2, 0) is 0 Å². The van der Waals surface area contributed by atoms with E-state index in [-0.39, 0.29) is 0 Å². The number of para-hydroxylation sites is 1. The van der Waals surface area contributed by atoms with E-state index >= 15 is 0 Å². The number of aromatic amines is 1. The maximum absolute atomic E-state index is 5.51. The summed E-state index contributed by atoms with van der Waals surface area (Å²) in [5.41, 5.74) is 4.70. The van der Waals surface area contributed by atoms with Crippen molar-refractivity contribution in [2.45, 2.75) is 44.1 Å². The fourth-order valence-electron chi connectivity index (χ4n) is 5.04. The minimum absolute atomic E-state index is 0.614. The van der Waals surface area contributed by atoms with Crippen LogP contribution in [0.4, 0.5) is 11.4 Å². The van der Waals surface area contributed by atoms with Crippen LogP contribution in [0.2, 0.25) is 0 Å². The molecule has 5 heteroatoms. The van der Waals surface area contributed by atoms with Crippen molar-refractivity contribution in [1.29, 1.82) is 0 Å². The van der Waals surface area contributed by atoms with Gasteiger partial charge in [0.25, 0.3) is 0 Å². The van der Waals surface area contributed by atoms with Gasteiger partial charge in [0.15, 0.2) is 5.11 Å². The molecular formula is C24H28N4S. The van der Waals surface area contributed by atoms with E-state index < -0.39 is 0 Å². The predicted molar refractivity (Wildman–Crippen MR) is 126 cm³/mol. The molecule has 0 saturated carbocycles. The van der Waals surface area contributed by atoms with Gasteiger partial charge in [-0.3, -0.25) is 0 Å². The fourth-order valence-corrected chi connectivity index (χ4v) is 5.28. The van der Waals surface area contributed by atoms with Gasteiger partial charge in [0.2, 0.25) is 0 Å². The SMILES string of the molecule is S=C(Nc1ccccc1)Nc1ccc2[nH]cc(C3CCN4CCCCC4C3)c2c1. The number of fused-ring (bicyclic) bond motifs is 2. The van der Waals surface area contributed by atoms with Crippen LogP contribution in [-0.4, -0.2) is 34.1 Å². The number of benzene rings is 2. The van der Waals surface area contributed by atoms with Crippen molar-refractivity contribution in [1.82, 2.24) is 9.88 Å². The number of piperidine rings is 2. The van der Waals surface area contributed by atoms with E-state index in [4.69, 9.17) is 12.2 Å². The van der Waals surface area contributed by atoms with Crippen LogP contribution in [0.1, 0.15) is 43.6 Å². The van der Waals surface area contributed by atoms with Gasteiger partial charge in [0.1, 0.15) is 0 Å².